The van der Waals surface area contributed by atoms with Gasteiger partial charge in [-0.15, -0.1) is 0 Å². The van der Waals surface area contributed by atoms with Crippen LogP contribution >= 0.6 is 0 Å². The van der Waals surface area contributed by atoms with E-state index in [9.17, 15) is 5.11 Å². The fraction of sp³-hybridized carbons (Fsp3) is 1.00. The van der Waals surface area contributed by atoms with E-state index in [0.717, 1.165) is 32.3 Å². The van der Waals surface area contributed by atoms with Crippen LogP contribution in [0.15, 0.2) is 0 Å². The topological polar surface area (TPSA) is 29.5 Å². The van der Waals surface area contributed by atoms with Gasteiger partial charge in [0.15, 0.2) is 0 Å². The summed E-state index contributed by atoms with van der Waals surface area (Å²) in [6.45, 7) is 5.01. The summed E-state index contributed by atoms with van der Waals surface area (Å²) in [7, 11) is 0. The molecular formula is C13H24O2. The van der Waals surface area contributed by atoms with E-state index >= 15 is 0 Å². The van der Waals surface area contributed by atoms with E-state index in [4.69, 9.17) is 4.74 Å². The molecule has 2 nitrogen and oxygen atoms in total. The predicted molar refractivity (Wildman–Crippen MR) is 60.8 cm³/mol. The Hall–Kier alpha value is -0.0800. The van der Waals surface area contributed by atoms with Gasteiger partial charge in [-0.2, -0.15) is 0 Å². The zero-order valence-corrected chi connectivity index (χ0v) is 10.1. The van der Waals surface area contributed by atoms with Gasteiger partial charge >= 0.3 is 0 Å². The summed E-state index contributed by atoms with van der Waals surface area (Å²) in [5, 5.41) is 10.4. The molecule has 2 heteroatoms. The number of ether oxygens (including phenoxy) is 1. The van der Waals surface area contributed by atoms with Crippen molar-refractivity contribution >= 4 is 0 Å². The van der Waals surface area contributed by atoms with Gasteiger partial charge < -0.3 is 9.84 Å². The summed E-state index contributed by atoms with van der Waals surface area (Å²) in [4.78, 5) is 0. The molecule has 2 aliphatic rings. The van der Waals surface area contributed by atoms with Crippen LogP contribution in [0, 0.1) is 5.92 Å². The lowest BCUT2D eigenvalue weighted by Crippen LogP contribution is -2.50. The van der Waals surface area contributed by atoms with Crippen molar-refractivity contribution in [3.63, 3.8) is 0 Å². The van der Waals surface area contributed by atoms with Crippen molar-refractivity contribution in [1.29, 1.82) is 0 Å². The third-order valence-corrected chi connectivity index (χ3v) is 4.39. The van der Waals surface area contributed by atoms with Gasteiger partial charge in [0.2, 0.25) is 0 Å². The van der Waals surface area contributed by atoms with Crippen molar-refractivity contribution in [3.8, 4) is 0 Å². The van der Waals surface area contributed by atoms with Gasteiger partial charge in [0, 0.05) is 6.61 Å². The van der Waals surface area contributed by atoms with Gasteiger partial charge in [0.1, 0.15) is 0 Å². The lowest BCUT2D eigenvalue weighted by molar-refractivity contribution is -0.173. The molecule has 2 unspecified atom stereocenters. The summed E-state index contributed by atoms with van der Waals surface area (Å²) >= 11 is 0. The molecule has 1 saturated heterocycles. The first-order chi connectivity index (χ1) is 7.08. The van der Waals surface area contributed by atoms with Crippen LogP contribution < -0.4 is 0 Å². The highest BCUT2D eigenvalue weighted by Gasteiger charge is 2.46. The molecule has 1 aliphatic heterocycles. The highest BCUT2D eigenvalue weighted by Crippen LogP contribution is 2.47. The van der Waals surface area contributed by atoms with Gasteiger partial charge in [-0.05, 0) is 51.4 Å². The van der Waals surface area contributed by atoms with Gasteiger partial charge in [-0.25, -0.2) is 0 Å². The number of hydrogen-bond donors (Lipinski definition) is 1. The quantitative estimate of drug-likeness (QED) is 0.779. The van der Waals surface area contributed by atoms with Crippen molar-refractivity contribution in [1.82, 2.24) is 0 Å². The van der Waals surface area contributed by atoms with Gasteiger partial charge in [-0.1, -0.05) is 13.3 Å². The number of hydrogen-bond acceptors (Lipinski definition) is 2. The standard InChI is InChI=1S/C13H24O2/c1-3-6-12(2,14)11-5-9-15-13(10-11)7-4-8-13/h11,14H,3-10H2,1-2H3. The Kier molecular flexibility index (Phi) is 3.09. The smallest absolute Gasteiger partial charge is 0.0686 e. The molecule has 0 radical (unpaired) electrons. The van der Waals surface area contributed by atoms with Crippen molar-refractivity contribution in [2.45, 2.75) is 70.0 Å². The lowest BCUT2D eigenvalue weighted by Gasteiger charge is -2.50. The highest BCUT2D eigenvalue weighted by molar-refractivity contribution is 4.98. The zero-order valence-electron chi connectivity index (χ0n) is 10.1. The molecule has 2 fully saturated rings. The van der Waals surface area contributed by atoms with Crippen LogP contribution in [0.4, 0.5) is 0 Å². The third-order valence-electron chi connectivity index (χ3n) is 4.39. The predicted octanol–water partition coefficient (Wildman–Crippen LogP) is 2.89. The Morgan fingerprint density at radius 3 is 2.73 bits per heavy atom. The fourth-order valence-corrected chi connectivity index (χ4v) is 3.19. The normalized spacial score (nSPS) is 33.4. The largest absolute Gasteiger partial charge is 0.390 e. The van der Waals surface area contributed by atoms with Crippen molar-refractivity contribution in [2.75, 3.05) is 6.61 Å². The molecule has 0 aromatic heterocycles. The Labute approximate surface area is 93.0 Å². The van der Waals surface area contributed by atoms with Gasteiger partial charge in [-0.3, -0.25) is 0 Å². The second-order valence-electron chi connectivity index (χ2n) is 5.68. The molecule has 0 aromatic carbocycles. The van der Waals surface area contributed by atoms with E-state index in [1.807, 2.05) is 6.92 Å². The highest BCUT2D eigenvalue weighted by atomic mass is 16.5. The monoisotopic (exact) mass is 212 g/mol. The van der Waals surface area contributed by atoms with Crippen LogP contribution in [0.25, 0.3) is 0 Å². The minimum atomic E-state index is -0.471. The minimum absolute atomic E-state index is 0.167. The summed E-state index contributed by atoms with van der Waals surface area (Å²) in [6.07, 6.45) is 7.85. The van der Waals surface area contributed by atoms with Crippen LogP contribution in [0.2, 0.25) is 0 Å². The molecule has 2 rings (SSSR count). The second-order valence-corrected chi connectivity index (χ2v) is 5.68. The Morgan fingerprint density at radius 1 is 1.47 bits per heavy atom. The first-order valence-corrected chi connectivity index (χ1v) is 6.44. The number of aliphatic hydroxyl groups is 1. The Bertz CT molecular complexity index is 219. The molecule has 0 amide bonds. The first kappa shape index (κ1) is 11.4. The molecular weight excluding hydrogens is 188 g/mol. The summed E-state index contributed by atoms with van der Waals surface area (Å²) < 4.78 is 5.89. The maximum Gasteiger partial charge on any atom is 0.0686 e. The Balaban J connectivity index is 1.97. The van der Waals surface area contributed by atoms with Crippen LogP contribution in [0.5, 0.6) is 0 Å². The van der Waals surface area contributed by atoms with E-state index in [0.29, 0.717) is 5.92 Å². The summed E-state index contributed by atoms with van der Waals surface area (Å²) in [5.74, 6) is 0.450. The van der Waals surface area contributed by atoms with Crippen LogP contribution in [0.1, 0.15) is 58.8 Å². The molecule has 0 aromatic rings. The SMILES string of the molecule is CCCC(C)(O)C1CCOC2(CCC2)C1. The summed E-state index contributed by atoms with van der Waals surface area (Å²) in [6, 6.07) is 0. The number of rotatable bonds is 3. The van der Waals surface area contributed by atoms with Gasteiger partial charge in [0.05, 0.1) is 11.2 Å². The maximum absolute atomic E-state index is 10.4. The van der Waals surface area contributed by atoms with E-state index < -0.39 is 5.60 Å². The average molecular weight is 212 g/mol. The van der Waals surface area contributed by atoms with E-state index in [1.54, 1.807) is 0 Å². The lowest BCUT2D eigenvalue weighted by atomic mass is 9.67. The maximum atomic E-state index is 10.4. The van der Waals surface area contributed by atoms with E-state index in [-0.39, 0.29) is 5.60 Å². The molecule has 0 bridgehead atoms. The van der Waals surface area contributed by atoms with Crippen LogP contribution in [-0.2, 0) is 4.74 Å². The zero-order chi connectivity index (χ0) is 10.9. The molecule has 1 aliphatic carbocycles. The van der Waals surface area contributed by atoms with Gasteiger partial charge in [0.25, 0.3) is 0 Å². The van der Waals surface area contributed by atoms with Crippen molar-refractivity contribution in [3.05, 3.63) is 0 Å². The first-order valence-electron chi connectivity index (χ1n) is 6.44. The second kappa shape index (κ2) is 4.06. The fourth-order valence-electron chi connectivity index (χ4n) is 3.19. The molecule has 1 heterocycles. The molecule has 15 heavy (non-hydrogen) atoms. The van der Waals surface area contributed by atoms with Crippen LogP contribution in [0.3, 0.4) is 0 Å². The third kappa shape index (κ3) is 2.21. The Morgan fingerprint density at radius 2 is 2.20 bits per heavy atom. The molecule has 2 atom stereocenters. The van der Waals surface area contributed by atoms with Crippen molar-refractivity contribution in [2.24, 2.45) is 5.92 Å². The van der Waals surface area contributed by atoms with Crippen LogP contribution in [-0.4, -0.2) is 22.9 Å². The van der Waals surface area contributed by atoms with E-state index in [1.165, 1.54) is 19.3 Å². The molecule has 1 N–H and O–H groups in total. The molecule has 88 valence electrons. The molecule has 1 spiro atoms. The van der Waals surface area contributed by atoms with Crippen molar-refractivity contribution < 1.29 is 9.84 Å². The average Bonchev–Trinajstić information content (AvgIpc) is 2.16. The van der Waals surface area contributed by atoms with E-state index in [2.05, 4.69) is 6.92 Å². The molecule has 1 saturated carbocycles. The minimum Gasteiger partial charge on any atom is -0.390 e. The summed E-state index contributed by atoms with van der Waals surface area (Å²) in [5.41, 5.74) is -0.304.